The lowest BCUT2D eigenvalue weighted by Crippen LogP contribution is -2.03. The molecule has 3 aromatic rings. The molecule has 0 bridgehead atoms. The number of aromatic nitrogens is 2. The monoisotopic (exact) mass is 372 g/mol. The first kappa shape index (κ1) is 15.4. The van der Waals surface area contributed by atoms with Crippen LogP contribution in [0.4, 0.5) is 21.7 Å². The minimum absolute atomic E-state index is 0.239. The molecule has 0 unspecified atom stereocenters. The van der Waals surface area contributed by atoms with Gasteiger partial charge in [-0.1, -0.05) is 28.1 Å². The minimum Gasteiger partial charge on any atom is -0.366 e. The van der Waals surface area contributed by atoms with Crippen molar-refractivity contribution >= 4 is 33.3 Å². The Morgan fingerprint density at radius 2 is 1.61 bits per heavy atom. The highest BCUT2D eigenvalue weighted by Gasteiger charge is 2.01. The highest BCUT2D eigenvalue weighted by atomic mass is 79.9. The van der Waals surface area contributed by atoms with Gasteiger partial charge in [0.05, 0.1) is 0 Å². The molecule has 0 atom stereocenters. The normalized spacial score (nSPS) is 10.3. The van der Waals surface area contributed by atoms with Crippen LogP contribution < -0.4 is 10.6 Å². The van der Waals surface area contributed by atoms with Crippen LogP contribution in [0.1, 0.15) is 5.56 Å². The molecule has 0 fully saturated rings. The third-order valence-electron chi connectivity index (χ3n) is 3.17. The Balaban J connectivity index is 1.65. The molecular weight excluding hydrogens is 359 g/mol. The zero-order chi connectivity index (χ0) is 16.1. The Morgan fingerprint density at radius 1 is 0.913 bits per heavy atom. The predicted octanol–water partition coefficient (Wildman–Crippen LogP) is 4.73. The molecule has 116 valence electrons. The van der Waals surface area contributed by atoms with Crippen LogP contribution in [0.2, 0.25) is 0 Å². The summed E-state index contributed by atoms with van der Waals surface area (Å²) in [6.45, 7) is 0.565. The molecule has 2 N–H and O–H groups in total. The summed E-state index contributed by atoms with van der Waals surface area (Å²) in [5, 5.41) is 6.41. The van der Waals surface area contributed by atoms with Gasteiger partial charge in [-0.25, -0.2) is 14.4 Å². The van der Waals surface area contributed by atoms with Gasteiger partial charge in [0.25, 0.3) is 0 Å². The Hall–Kier alpha value is -2.47. The van der Waals surface area contributed by atoms with Gasteiger partial charge in [-0.2, -0.15) is 0 Å². The van der Waals surface area contributed by atoms with Crippen molar-refractivity contribution in [3.05, 3.63) is 76.8 Å². The Labute approximate surface area is 141 Å². The number of hydrogen-bond donors (Lipinski definition) is 2. The maximum absolute atomic E-state index is 12.9. The zero-order valence-electron chi connectivity index (χ0n) is 12.1. The molecular formula is C17H14BrFN4. The molecule has 1 heterocycles. The van der Waals surface area contributed by atoms with Crippen LogP contribution in [0.5, 0.6) is 0 Å². The SMILES string of the molecule is Fc1ccc(CNc2cc(Nc3ccc(Br)cc3)ncn2)cc1. The maximum atomic E-state index is 12.9. The van der Waals surface area contributed by atoms with E-state index < -0.39 is 0 Å². The first-order valence-corrected chi connectivity index (χ1v) is 7.81. The van der Waals surface area contributed by atoms with E-state index in [1.54, 1.807) is 12.1 Å². The van der Waals surface area contributed by atoms with Crippen LogP contribution in [0.25, 0.3) is 0 Å². The third kappa shape index (κ3) is 4.50. The number of hydrogen-bond acceptors (Lipinski definition) is 4. The van der Waals surface area contributed by atoms with Crippen LogP contribution in [0, 0.1) is 5.82 Å². The first-order chi connectivity index (χ1) is 11.2. The molecule has 0 saturated carbocycles. The number of nitrogens with one attached hydrogen (secondary N) is 2. The molecule has 0 aliphatic heterocycles. The molecule has 3 rings (SSSR count). The standard InChI is InChI=1S/C17H14BrFN4/c18-13-3-7-15(8-4-13)23-17-9-16(21-11-22-17)20-10-12-1-5-14(19)6-2-12/h1-9,11H,10H2,(H2,20,21,22,23). The number of halogens is 2. The number of rotatable bonds is 5. The number of anilines is 3. The van der Waals surface area contributed by atoms with Crippen LogP contribution in [0.3, 0.4) is 0 Å². The molecule has 1 aromatic heterocycles. The summed E-state index contributed by atoms with van der Waals surface area (Å²) in [6, 6.07) is 16.0. The second-order valence-corrected chi connectivity index (χ2v) is 5.82. The van der Waals surface area contributed by atoms with E-state index in [-0.39, 0.29) is 5.82 Å². The van der Waals surface area contributed by atoms with Crippen molar-refractivity contribution in [1.82, 2.24) is 9.97 Å². The van der Waals surface area contributed by atoms with E-state index in [1.165, 1.54) is 18.5 Å². The molecule has 23 heavy (non-hydrogen) atoms. The van der Waals surface area contributed by atoms with Crippen LogP contribution in [-0.2, 0) is 6.54 Å². The van der Waals surface area contributed by atoms with E-state index in [9.17, 15) is 4.39 Å². The average molecular weight is 373 g/mol. The molecule has 0 spiro atoms. The number of nitrogens with zero attached hydrogens (tertiary/aromatic N) is 2. The van der Waals surface area contributed by atoms with Gasteiger partial charge in [-0.05, 0) is 42.0 Å². The summed E-state index contributed by atoms with van der Waals surface area (Å²) in [6.07, 6.45) is 1.49. The lowest BCUT2D eigenvalue weighted by Gasteiger charge is -2.09. The lowest BCUT2D eigenvalue weighted by molar-refractivity contribution is 0.627. The molecule has 0 aliphatic carbocycles. The zero-order valence-corrected chi connectivity index (χ0v) is 13.7. The van der Waals surface area contributed by atoms with Gasteiger partial charge in [0, 0.05) is 22.8 Å². The highest BCUT2D eigenvalue weighted by molar-refractivity contribution is 9.10. The summed E-state index contributed by atoms with van der Waals surface area (Å²) in [7, 11) is 0. The van der Waals surface area contributed by atoms with E-state index in [4.69, 9.17) is 0 Å². The second-order valence-electron chi connectivity index (χ2n) is 4.90. The van der Waals surface area contributed by atoms with Gasteiger partial charge in [-0.15, -0.1) is 0 Å². The molecule has 2 aromatic carbocycles. The third-order valence-corrected chi connectivity index (χ3v) is 3.70. The summed E-state index contributed by atoms with van der Waals surface area (Å²) in [5.41, 5.74) is 1.92. The lowest BCUT2D eigenvalue weighted by atomic mass is 10.2. The summed E-state index contributed by atoms with van der Waals surface area (Å²) >= 11 is 3.40. The highest BCUT2D eigenvalue weighted by Crippen LogP contribution is 2.19. The molecule has 4 nitrogen and oxygen atoms in total. The van der Waals surface area contributed by atoms with Crippen molar-refractivity contribution in [3.8, 4) is 0 Å². The van der Waals surface area contributed by atoms with Gasteiger partial charge < -0.3 is 10.6 Å². The molecule has 0 aliphatic rings. The van der Waals surface area contributed by atoms with Crippen LogP contribution in [0.15, 0.2) is 65.4 Å². The second kappa shape index (κ2) is 7.19. The summed E-state index contributed by atoms with van der Waals surface area (Å²) in [4.78, 5) is 8.38. The maximum Gasteiger partial charge on any atom is 0.135 e. The van der Waals surface area contributed by atoms with Gasteiger partial charge in [0.15, 0.2) is 0 Å². The van der Waals surface area contributed by atoms with Gasteiger partial charge in [-0.3, -0.25) is 0 Å². The smallest absolute Gasteiger partial charge is 0.135 e. The molecule has 0 saturated heterocycles. The summed E-state index contributed by atoms with van der Waals surface area (Å²) in [5.74, 6) is 1.16. The van der Waals surface area contributed by atoms with E-state index in [0.717, 1.165) is 15.7 Å². The largest absolute Gasteiger partial charge is 0.366 e. The fraction of sp³-hybridized carbons (Fsp3) is 0.0588. The van der Waals surface area contributed by atoms with Crippen molar-refractivity contribution < 1.29 is 4.39 Å². The van der Waals surface area contributed by atoms with E-state index in [2.05, 4.69) is 36.5 Å². The van der Waals surface area contributed by atoms with Crippen molar-refractivity contribution in [2.24, 2.45) is 0 Å². The van der Waals surface area contributed by atoms with Gasteiger partial charge in [0.2, 0.25) is 0 Å². The van der Waals surface area contributed by atoms with E-state index in [1.807, 2.05) is 30.3 Å². The van der Waals surface area contributed by atoms with E-state index >= 15 is 0 Å². The Morgan fingerprint density at radius 3 is 2.35 bits per heavy atom. The fourth-order valence-electron chi connectivity index (χ4n) is 2.00. The fourth-order valence-corrected chi connectivity index (χ4v) is 2.26. The van der Waals surface area contributed by atoms with Crippen molar-refractivity contribution in [1.29, 1.82) is 0 Å². The average Bonchev–Trinajstić information content (AvgIpc) is 2.57. The van der Waals surface area contributed by atoms with Crippen molar-refractivity contribution in [2.75, 3.05) is 10.6 Å². The first-order valence-electron chi connectivity index (χ1n) is 7.02. The van der Waals surface area contributed by atoms with Crippen LogP contribution >= 0.6 is 15.9 Å². The number of benzene rings is 2. The predicted molar refractivity (Wildman–Crippen MR) is 93.2 cm³/mol. The Bertz CT molecular complexity index is 775. The minimum atomic E-state index is -0.239. The van der Waals surface area contributed by atoms with Crippen molar-refractivity contribution in [2.45, 2.75) is 6.54 Å². The summed E-state index contributed by atoms with van der Waals surface area (Å²) < 4.78 is 13.9. The molecule has 0 radical (unpaired) electrons. The van der Waals surface area contributed by atoms with Gasteiger partial charge in [0.1, 0.15) is 23.8 Å². The molecule has 6 heteroatoms. The van der Waals surface area contributed by atoms with Crippen LogP contribution in [-0.4, -0.2) is 9.97 Å². The molecule has 0 amide bonds. The van der Waals surface area contributed by atoms with Crippen molar-refractivity contribution in [3.63, 3.8) is 0 Å². The Kier molecular flexibility index (Phi) is 4.83. The quantitative estimate of drug-likeness (QED) is 0.679. The van der Waals surface area contributed by atoms with E-state index in [0.29, 0.717) is 18.2 Å². The van der Waals surface area contributed by atoms with Gasteiger partial charge >= 0.3 is 0 Å². The topological polar surface area (TPSA) is 49.8 Å².